The number of anilines is 1. The highest BCUT2D eigenvalue weighted by molar-refractivity contribution is 8.13. The van der Waals surface area contributed by atoms with Crippen LogP contribution in [0.15, 0.2) is 29.1 Å². The Kier molecular flexibility index (Phi) is 1.82. The van der Waals surface area contributed by atoms with Gasteiger partial charge in [0.2, 0.25) is 5.91 Å². The number of amides is 1. The van der Waals surface area contributed by atoms with E-state index in [0.717, 1.165) is 6.92 Å². The van der Waals surface area contributed by atoms with Crippen LogP contribution in [0.3, 0.4) is 0 Å². The van der Waals surface area contributed by atoms with E-state index >= 15 is 0 Å². The second kappa shape index (κ2) is 3.98. The van der Waals surface area contributed by atoms with Crippen LogP contribution >= 0.6 is 10.7 Å². The van der Waals surface area contributed by atoms with Gasteiger partial charge in [-0.3, -0.25) is 4.79 Å². The lowest BCUT2D eigenvalue weighted by atomic mass is 10.3. The molecule has 1 rings (SSSR count). The Bertz CT molecular complexity index is 603. The van der Waals surface area contributed by atoms with Gasteiger partial charge in [-0.25, -0.2) is 8.42 Å². The fourth-order valence-electron chi connectivity index (χ4n) is 0.661. The molecule has 0 fully saturated rings. The third kappa shape index (κ3) is 3.01. The van der Waals surface area contributed by atoms with E-state index in [0.29, 0.717) is 0 Å². The minimum Gasteiger partial charge on any atom is -0.326 e. The van der Waals surface area contributed by atoms with Crippen molar-refractivity contribution < 1.29 is 18.7 Å². The van der Waals surface area contributed by atoms with E-state index < -0.39 is 44.0 Å². The van der Waals surface area contributed by atoms with E-state index in [1.165, 1.54) is 0 Å². The summed E-state index contributed by atoms with van der Waals surface area (Å²) in [6.07, 6.45) is 0. The number of hydrogen-bond acceptors (Lipinski definition) is 3. The zero-order valence-corrected chi connectivity index (χ0v) is 8.58. The van der Waals surface area contributed by atoms with Gasteiger partial charge in [0.05, 0.1) is 10.4 Å². The van der Waals surface area contributed by atoms with Crippen LogP contribution in [0.4, 0.5) is 5.69 Å². The molecule has 0 unspecified atom stereocenters. The number of carbonyl (C=O) groups is 1. The van der Waals surface area contributed by atoms with Crippen LogP contribution in [0.2, 0.25) is 0 Å². The lowest BCUT2D eigenvalue weighted by Crippen LogP contribution is -2.05. The number of rotatable bonds is 2. The Morgan fingerprint density at radius 1 is 1.43 bits per heavy atom. The molecule has 0 radical (unpaired) electrons. The van der Waals surface area contributed by atoms with Gasteiger partial charge in [0, 0.05) is 23.3 Å². The van der Waals surface area contributed by atoms with Gasteiger partial charge in [0.15, 0.2) is 0 Å². The molecule has 1 aromatic rings. The molecule has 14 heavy (non-hydrogen) atoms. The third-order valence-electron chi connectivity index (χ3n) is 1.15. The van der Waals surface area contributed by atoms with E-state index in [1.54, 1.807) is 0 Å². The lowest BCUT2D eigenvalue weighted by molar-refractivity contribution is -0.114. The maximum absolute atomic E-state index is 11.2. The molecule has 0 aliphatic heterocycles. The minimum atomic E-state index is -4.41. The molecule has 4 nitrogen and oxygen atoms in total. The molecule has 0 spiro atoms. The summed E-state index contributed by atoms with van der Waals surface area (Å²) in [5, 5.41) is 2.11. The summed E-state index contributed by atoms with van der Waals surface area (Å²) in [5.74, 6) is -0.600. The van der Waals surface area contributed by atoms with E-state index in [9.17, 15) is 13.2 Å². The van der Waals surface area contributed by atoms with Crippen LogP contribution in [-0.2, 0) is 13.8 Å². The Hall–Kier alpha value is -1.07. The van der Waals surface area contributed by atoms with Crippen LogP contribution < -0.4 is 5.32 Å². The van der Waals surface area contributed by atoms with Crippen LogP contribution in [0.1, 0.15) is 12.4 Å². The van der Waals surface area contributed by atoms with E-state index in [1.807, 2.05) is 0 Å². The van der Waals surface area contributed by atoms with Crippen molar-refractivity contribution in [3.63, 3.8) is 0 Å². The van der Waals surface area contributed by atoms with Crippen molar-refractivity contribution in [2.45, 2.75) is 11.8 Å². The Balaban J connectivity index is 3.72. The first-order valence-corrected chi connectivity index (χ1v) is 5.71. The molecular formula is C8H8ClNO3S. The van der Waals surface area contributed by atoms with Gasteiger partial charge in [0.1, 0.15) is 0 Å². The summed E-state index contributed by atoms with van der Waals surface area (Å²) < 4.78 is 52.3. The molecule has 0 saturated heterocycles. The normalized spacial score (nSPS) is 15.0. The van der Waals surface area contributed by atoms with Crippen molar-refractivity contribution in [3.8, 4) is 0 Å². The topological polar surface area (TPSA) is 63.2 Å². The second-order valence-corrected chi connectivity index (χ2v) is 4.83. The van der Waals surface area contributed by atoms with E-state index in [-0.39, 0.29) is 5.69 Å². The first-order valence-electron chi connectivity index (χ1n) is 5.40. The Labute approximate surface area is 91.9 Å². The number of benzene rings is 1. The van der Waals surface area contributed by atoms with Gasteiger partial charge < -0.3 is 5.32 Å². The first-order chi connectivity index (χ1) is 8.07. The average Bonchev–Trinajstić information content (AvgIpc) is 2.19. The first kappa shape index (κ1) is 6.42. The quantitative estimate of drug-likeness (QED) is 0.795. The molecule has 0 aromatic heterocycles. The van der Waals surface area contributed by atoms with Gasteiger partial charge in [-0.15, -0.1) is 0 Å². The molecule has 0 bridgehead atoms. The molecule has 1 N–H and O–H groups in total. The number of hydrogen-bond donors (Lipinski definition) is 1. The van der Waals surface area contributed by atoms with Crippen LogP contribution in [0, 0.1) is 0 Å². The summed E-state index contributed by atoms with van der Waals surface area (Å²) in [6, 6.07) is -3.00. The molecular weight excluding hydrogens is 226 g/mol. The zero-order chi connectivity index (χ0) is 14.2. The fraction of sp³-hybridized carbons (Fsp3) is 0.125. The van der Waals surface area contributed by atoms with E-state index in [4.69, 9.17) is 16.2 Å². The Morgan fingerprint density at radius 3 is 2.29 bits per heavy atom. The highest BCUT2D eigenvalue weighted by Crippen LogP contribution is 2.17. The summed E-state index contributed by atoms with van der Waals surface area (Å²) in [6.45, 7) is 1.12. The highest BCUT2D eigenvalue weighted by atomic mass is 35.7. The smallest absolute Gasteiger partial charge is 0.261 e. The molecule has 6 heteroatoms. The number of nitrogens with one attached hydrogen (secondary N) is 1. The fourth-order valence-corrected chi connectivity index (χ4v) is 1.24. The van der Waals surface area contributed by atoms with Gasteiger partial charge in [-0.1, -0.05) is 0 Å². The van der Waals surface area contributed by atoms with Crippen LogP contribution in [-0.4, -0.2) is 14.3 Å². The molecule has 1 aromatic carbocycles. The minimum absolute atomic E-state index is 0.387. The zero-order valence-electron chi connectivity index (χ0n) is 11.0. The molecule has 0 aliphatic carbocycles. The summed E-state index contributed by atoms with van der Waals surface area (Å²) in [7, 11) is 0.639. The standard InChI is InChI=1S/C8H8ClNO3S/c1-6(11)10-7-2-4-8(5-3-7)14(9,12)13/h2-5H,1H3,(H,10,11)/i2D,3D,4D,5D. The number of halogens is 1. The van der Waals surface area contributed by atoms with Gasteiger partial charge in [-0.05, 0) is 24.2 Å². The molecule has 0 aliphatic rings. The van der Waals surface area contributed by atoms with Crippen molar-refractivity contribution in [2.24, 2.45) is 0 Å². The van der Waals surface area contributed by atoms with Crippen LogP contribution in [0.25, 0.3) is 0 Å². The maximum atomic E-state index is 11.2. The van der Waals surface area contributed by atoms with Crippen molar-refractivity contribution in [3.05, 3.63) is 24.2 Å². The highest BCUT2D eigenvalue weighted by Gasteiger charge is 2.08. The second-order valence-electron chi connectivity index (χ2n) is 2.32. The third-order valence-corrected chi connectivity index (χ3v) is 2.30. The lowest BCUT2D eigenvalue weighted by Gasteiger charge is -2.01. The Morgan fingerprint density at radius 2 is 1.93 bits per heavy atom. The van der Waals surface area contributed by atoms with Crippen molar-refractivity contribution in [1.29, 1.82) is 0 Å². The molecule has 0 heterocycles. The summed E-state index contributed by atoms with van der Waals surface area (Å²) >= 11 is 0. The predicted octanol–water partition coefficient (Wildman–Crippen LogP) is 1.57. The molecule has 0 saturated carbocycles. The monoisotopic (exact) mass is 237 g/mol. The van der Waals surface area contributed by atoms with Crippen molar-refractivity contribution in [2.75, 3.05) is 5.32 Å². The van der Waals surface area contributed by atoms with E-state index in [2.05, 4.69) is 5.32 Å². The maximum Gasteiger partial charge on any atom is 0.261 e. The average molecular weight is 238 g/mol. The van der Waals surface area contributed by atoms with Gasteiger partial charge in [0.25, 0.3) is 9.05 Å². The van der Waals surface area contributed by atoms with Gasteiger partial charge in [-0.2, -0.15) is 0 Å². The van der Waals surface area contributed by atoms with Crippen molar-refractivity contribution >= 4 is 31.3 Å². The largest absolute Gasteiger partial charge is 0.326 e. The number of carbonyl (C=O) groups excluding carboxylic acids is 1. The van der Waals surface area contributed by atoms with Gasteiger partial charge >= 0.3 is 0 Å². The molecule has 0 atom stereocenters. The molecule has 76 valence electrons. The van der Waals surface area contributed by atoms with Crippen LogP contribution in [0.5, 0.6) is 0 Å². The summed E-state index contributed by atoms with van der Waals surface area (Å²) in [4.78, 5) is 9.97. The SMILES string of the molecule is [2H]c1c([2H])c(S(=O)(=O)Cl)c([2H])c([2H])c1NC(C)=O. The van der Waals surface area contributed by atoms with Crippen molar-refractivity contribution in [1.82, 2.24) is 0 Å². The molecule has 1 amide bonds. The summed E-state index contributed by atoms with van der Waals surface area (Å²) in [5.41, 5.74) is -0.387. The predicted molar refractivity (Wildman–Crippen MR) is 53.8 cm³/mol.